The maximum atomic E-state index is 11.8. The molecule has 1 atom stereocenters. The fourth-order valence-electron chi connectivity index (χ4n) is 1.02. The zero-order chi connectivity index (χ0) is 12.2. The number of hydrogen-bond donors (Lipinski definition) is 1. The Labute approximate surface area is 91.4 Å². The van der Waals surface area contributed by atoms with Crippen molar-refractivity contribution in [2.45, 2.75) is 25.6 Å². The third kappa shape index (κ3) is 4.48. The molecule has 0 aliphatic rings. The monoisotopic (exact) mass is 234 g/mol. The van der Waals surface area contributed by atoms with Crippen LogP contribution in [0.1, 0.15) is 24.9 Å². The number of ether oxygens (including phenoxy) is 1. The standard InChI is InChI=1S/C10H13F3N2O/c1-7(14)8-2-3-9(15-6-8)16-5-4-10(11,12)13/h2-3,6-7H,4-5,14H2,1H3. The minimum Gasteiger partial charge on any atom is -0.477 e. The summed E-state index contributed by atoms with van der Waals surface area (Å²) in [7, 11) is 0. The van der Waals surface area contributed by atoms with E-state index in [2.05, 4.69) is 4.98 Å². The number of pyridine rings is 1. The van der Waals surface area contributed by atoms with Crippen LogP contribution in [0.2, 0.25) is 0 Å². The van der Waals surface area contributed by atoms with Crippen LogP contribution < -0.4 is 10.5 Å². The average Bonchev–Trinajstić information content (AvgIpc) is 2.16. The van der Waals surface area contributed by atoms with Crippen molar-refractivity contribution >= 4 is 0 Å². The molecule has 1 aromatic rings. The summed E-state index contributed by atoms with van der Waals surface area (Å²) in [5, 5.41) is 0. The molecule has 0 aromatic carbocycles. The fourth-order valence-corrected chi connectivity index (χ4v) is 1.02. The van der Waals surface area contributed by atoms with Gasteiger partial charge in [-0.05, 0) is 12.5 Å². The number of aromatic nitrogens is 1. The quantitative estimate of drug-likeness (QED) is 0.870. The lowest BCUT2D eigenvalue weighted by molar-refractivity contribution is -0.139. The molecule has 2 N–H and O–H groups in total. The molecule has 0 aliphatic heterocycles. The van der Waals surface area contributed by atoms with Crippen molar-refractivity contribution in [1.29, 1.82) is 0 Å². The molecule has 0 aliphatic carbocycles. The van der Waals surface area contributed by atoms with E-state index in [0.29, 0.717) is 0 Å². The molecule has 1 rings (SSSR count). The van der Waals surface area contributed by atoms with E-state index in [9.17, 15) is 13.2 Å². The van der Waals surface area contributed by atoms with Crippen LogP contribution in [0.5, 0.6) is 5.88 Å². The Kier molecular flexibility index (Phi) is 4.12. The topological polar surface area (TPSA) is 48.1 Å². The zero-order valence-electron chi connectivity index (χ0n) is 8.79. The van der Waals surface area contributed by atoms with E-state index < -0.39 is 19.2 Å². The summed E-state index contributed by atoms with van der Waals surface area (Å²) in [5.41, 5.74) is 6.40. The number of nitrogens with two attached hydrogens (primary N) is 1. The number of nitrogens with zero attached hydrogens (tertiary/aromatic N) is 1. The molecular formula is C10H13F3N2O. The summed E-state index contributed by atoms with van der Waals surface area (Å²) in [5.74, 6) is 0.175. The largest absolute Gasteiger partial charge is 0.477 e. The van der Waals surface area contributed by atoms with Gasteiger partial charge in [-0.1, -0.05) is 6.07 Å². The fraction of sp³-hybridized carbons (Fsp3) is 0.500. The summed E-state index contributed by atoms with van der Waals surface area (Å²) >= 11 is 0. The molecule has 3 nitrogen and oxygen atoms in total. The van der Waals surface area contributed by atoms with E-state index in [-0.39, 0.29) is 11.9 Å². The van der Waals surface area contributed by atoms with E-state index in [1.165, 1.54) is 12.3 Å². The Morgan fingerprint density at radius 2 is 2.12 bits per heavy atom. The lowest BCUT2D eigenvalue weighted by atomic mass is 10.2. The molecule has 90 valence electrons. The van der Waals surface area contributed by atoms with E-state index >= 15 is 0 Å². The molecule has 0 bridgehead atoms. The Balaban J connectivity index is 2.44. The summed E-state index contributed by atoms with van der Waals surface area (Å²) in [6.07, 6.45) is -3.69. The molecule has 0 saturated heterocycles. The summed E-state index contributed by atoms with van der Waals surface area (Å²) in [6, 6.07) is 3.03. The number of rotatable bonds is 4. The maximum absolute atomic E-state index is 11.8. The second kappa shape index (κ2) is 5.16. The number of hydrogen-bond acceptors (Lipinski definition) is 3. The highest BCUT2D eigenvalue weighted by molar-refractivity contribution is 5.19. The highest BCUT2D eigenvalue weighted by atomic mass is 19.4. The van der Waals surface area contributed by atoms with Gasteiger partial charge in [-0.3, -0.25) is 0 Å². The number of halogens is 3. The van der Waals surface area contributed by atoms with Crippen LogP contribution in [-0.4, -0.2) is 17.8 Å². The molecule has 0 amide bonds. The molecule has 6 heteroatoms. The third-order valence-electron chi connectivity index (χ3n) is 1.92. The predicted molar refractivity (Wildman–Crippen MR) is 53.0 cm³/mol. The lowest BCUT2D eigenvalue weighted by Crippen LogP contribution is -2.13. The molecule has 16 heavy (non-hydrogen) atoms. The normalized spacial score (nSPS) is 13.6. The summed E-state index contributed by atoms with van der Waals surface area (Å²) in [6.45, 7) is 1.37. The van der Waals surface area contributed by atoms with Gasteiger partial charge in [0.25, 0.3) is 0 Å². The molecule has 1 unspecified atom stereocenters. The maximum Gasteiger partial charge on any atom is 0.392 e. The van der Waals surface area contributed by atoms with Gasteiger partial charge in [-0.15, -0.1) is 0 Å². The third-order valence-corrected chi connectivity index (χ3v) is 1.92. The molecule has 0 spiro atoms. The second-order valence-electron chi connectivity index (χ2n) is 3.43. The van der Waals surface area contributed by atoms with Crippen LogP contribution in [0.3, 0.4) is 0 Å². The van der Waals surface area contributed by atoms with Crippen LogP contribution in [-0.2, 0) is 0 Å². The first-order valence-corrected chi connectivity index (χ1v) is 4.79. The smallest absolute Gasteiger partial charge is 0.392 e. The Morgan fingerprint density at radius 3 is 2.56 bits per heavy atom. The van der Waals surface area contributed by atoms with Gasteiger partial charge in [0, 0.05) is 18.3 Å². The molecule has 0 fully saturated rings. The van der Waals surface area contributed by atoms with Crippen molar-refractivity contribution in [1.82, 2.24) is 4.98 Å². The Bertz CT molecular complexity index is 322. The van der Waals surface area contributed by atoms with Crippen molar-refractivity contribution in [2.24, 2.45) is 5.73 Å². The van der Waals surface area contributed by atoms with Gasteiger partial charge < -0.3 is 10.5 Å². The van der Waals surface area contributed by atoms with Crippen molar-refractivity contribution in [2.75, 3.05) is 6.61 Å². The van der Waals surface area contributed by atoms with Crippen LogP contribution in [0.25, 0.3) is 0 Å². The SMILES string of the molecule is CC(N)c1ccc(OCCC(F)(F)F)nc1. The molecular weight excluding hydrogens is 221 g/mol. The minimum atomic E-state index is -4.20. The second-order valence-corrected chi connectivity index (χ2v) is 3.43. The Hall–Kier alpha value is -1.30. The van der Waals surface area contributed by atoms with Gasteiger partial charge in [-0.25, -0.2) is 4.98 Å². The highest BCUT2D eigenvalue weighted by Gasteiger charge is 2.26. The van der Waals surface area contributed by atoms with Crippen LogP contribution in [0.15, 0.2) is 18.3 Å². The predicted octanol–water partition coefficient (Wildman–Crippen LogP) is 2.43. The van der Waals surface area contributed by atoms with Crippen molar-refractivity contribution < 1.29 is 17.9 Å². The molecule has 1 aromatic heterocycles. The number of alkyl halides is 3. The summed E-state index contributed by atoms with van der Waals surface area (Å²) < 4.78 is 40.3. The molecule has 1 heterocycles. The van der Waals surface area contributed by atoms with Gasteiger partial charge >= 0.3 is 6.18 Å². The first-order valence-electron chi connectivity index (χ1n) is 4.79. The Morgan fingerprint density at radius 1 is 1.44 bits per heavy atom. The van der Waals surface area contributed by atoms with Gasteiger partial charge in [0.1, 0.15) is 0 Å². The van der Waals surface area contributed by atoms with E-state index in [1.807, 2.05) is 0 Å². The lowest BCUT2D eigenvalue weighted by Gasteiger charge is -2.09. The molecule has 0 radical (unpaired) electrons. The van der Waals surface area contributed by atoms with Crippen LogP contribution in [0.4, 0.5) is 13.2 Å². The van der Waals surface area contributed by atoms with Gasteiger partial charge in [-0.2, -0.15) is 13.2 Å². The van der Waals surface area contributed by atoms with E-state index in [4.69, 9.17) is 10.5 Å². The summed E-state index contributed by atoms with van der Waals surface area (Å²) in [4.78, 5) is 3.85. The van der Waals surface area contributed by atoms with Gasteiger partial charge in [0.2, 0.25) is 5.88 Å². The van der Waals surface area contributed by atoms with Crippen molar-refractivity contribution in [3.05, 3.63) is 23.9 Å². The molecule has 0 saturated carbocycles. The van der Waals surface area contributed by atoms with Gasteiger partial charge in [0.15, 0.2) is 0 Å². The first kappa shape index (κ1) is 12.8. The van der Waals surface area contributed by atoms with Crippen molar-refractivity contribution in [3.63, 3.8) is 0 Å². The van der Waals surface area contributed by atoms with Crippen LogP contribution in [0, 0.1) is 0 Å². The highest BCUT2D eigenvalue weighted by Crippen LogP contribution is 2.20. The zero-order valence-corrected chi connectivity index (χ0v) is 8.79. The van der Waals surface area contributed by atoms with E-state index in [1.54, 1.807) is 13.0 Å². The van der Waals surface area contributed by atoms with Crippen LogP contribution >= 0.6 is 0 Å². The van der Waals surface area contributed by atoms with Gasteiger partial charge in [0.05, 0.1) is 13.0 Å². The average molecular weight is 234 g/mol. The van der Waals surface area contributed by atoms with Crippen molar-refractivity contribution in [3.8, 4) is 5.88 Å². The van der Waals surface area contributed by atoms with E-state index in [0.717, 1.165) is 5.56 Å². The first-order chi connectivity index (χ1) is 7.38. The minimum absolute atomic E-state index is 0.156.